The van der Waals surface area contributed by atoms with E-state index >= 15 is 0 Å². The molecule has 1 aromatic rings. The van der Waals surface area contributed by atoms with Gasteiger partial charge in [0.15, 0.2) is 0 Å². The first-order chi connectivity index (χ1) is 5.43. The van der Waals surface area contributed by atoms with Gasteiger partial charge < -0.3 is 0 Å². The number of benzene rings is 1. The van der Waals surface area contributed by atoms with Crippen LogP contribution in [0.3, 0.4) is 0 Å². The Morgan fingerprint density at radius 3 is 2.64 bits per heavy atom. The number of hydrogen-bond acceptors (Lipinski definition) is 1. The first kappa shape index (κ1) is 8.38. The molecule has 0 unspecified atom stereocenters. The topological polar surface area (TPSA) is 26.0 Å². The van der Waals surface area contributed by atoms with Crippen LogP contribution >= 0.6 is 0 Å². The van der Waals surface area contributed by atoms with Gasteiger partial charge in [-0.1, -0.05) is 0 Å². The van der Waals surface area contributed by atoms with E-state index in [0.29, 0.717) is 15.0 Å². The predicted molar refractivity (Wildman–Crippen MR) is 50.0 cm³/mol. The van der Waals surface area contributed by atoms with Crippen LogP contribution in [0.15, 0.2) is 42.6 Å². The van der Waals surface area contributed by atoms with E-state index in [9.17, 15) is 0 Å². The quantitative estimate of drug-likeness (QED) is 0.740. The Morgan fingerprint density at radius 2 is 2.00 bits per heavy atom. The summed E-state index contributed by atoms with van der Waals surface area (Å²) in [5, 5.41) is 1.09. The van der Waals surface area contributed by atoms with E-state index in [0.717, 1.165) is 5.32 Å². The molecule has 58 valence electrons. The molecular formula is C9H11NSe. The van der Waals surface area contributed by atoms with Gasteiger partial charge in [-0.05, 0) is 0 Å². The SMILES string of the molecule is NC=CC[Se]c1ccccc1. The normalized spacial score (nSPS) is 10.5. The summed E-state index contributed by atoms with van der Waals surface area (Å²) in [7, 11) is 0. The van der Waals surface area contributed by atoms with E-state index < -0.39 is 0 Å². The Hall–Kier alpha value is -0.721. The van der Waals surface area contributed by atoms with Gasteiger partial charge in [-0.2, -0.15) is 0 Å². The fraction of sp³-hybridized carbons (Fsp3) is 0.111. The van der Waals surface area contributed by atoms with Crippen molar-refractivity contribution in [1.29, 1.82) is 0 Å². The molecule has 1 nitrogen and oxygen atoms in total. The van der Waals surface area contributed by atoms with Gasteiger partial charge in [0.05, 0.1) is 0 Å². The van der Waals surface area contributed by atoms with Crippen LogP contribution in [-0.2, 0) is 0 Å². The van der Waals surface area contributed by atoms with Crippen molar-refractivity contribution in [2.45, 2.75) is 5.32 Å². The third kappa shape index (κ3) is 3.26. The standard InChI is InChI=1S/C9H11NSe/c10-7-4-8-11-9-5-2-1-3-6-9/h1-7H,8,10H2. The van der Waals surface area contributed by atoms with E-state index in [1.54, 1.807) is 6.20 Å². The van der Waals surface area contributed by atoms with Crippen LogP contribution in [-0.4, -0.2) is 15.0 Å². The zero-order chi connectivity index (χ0) is 7.94. The molecule has 0 fully saturated rings. The van der Waals surface area contributed by atoms with Crippen molar-refractivity contribution >= 4 is 19.4 Å². The van der Waals surface area contributed by atoms with E-state index in [1.807, 2.05) is 12.1 Å². The molecule has 0 heterocycles. The van der Waals surface area contributed by atoms with Crippen LogP contribution in [0.2, 0.25) is 5.32 Å². The molecule has 0 radical (unpaired) electrons. The zero-order valence-corrected chi connectivity index (χ0v) is 7.95. The average molecular weight is 212 g/mol. The molecule has 0 atom stereocenters. The predicted octanol–water partition coefficient (Wildman–Crippen LogP) is 0.907. The van der Waals surface area contributed by atoms with Crippen molar-refractivity contribution in [3.63, 3.8) is 0 Å². The molecule has 2 heteroatoms. The van der Waals surface area contributed by atoms with Crippen molar-refractivity contribution in [1.82, 2.24) is 0 Å². The number of rotatable bonds is 3. The van der Waals surface area contributed by atoms with Crippen LogP contribution in [0.1, 0.15) is 0 Å². The molecule has 0 bridgehead atoms. The second-order valence-corrected chi connectivity index (χ2v) is 4.35. The first-order valence-electron chi connectivity index (χ1n) is 3.48. The van der Waals surface area contributed by atoms with E-state index in [2.05, 4.69) is 24.3 Å². The Morgan fingerprint density at radius 1 is 1.27 bits per heavy atom. The summed E-state index contributed by atoms with van der Waals surface area (Å²) in [6.07, 6.45) is 3.62. The molecule has 11 heavy (non-hydrogen) atoms. The Labute approximate surface area is 73.5 Å². The number of nitrogens with two attached hydrogens (primary N) is 1. The van der Waals surface area contributed by atoms with Crippen LogP contribution in [0, 0.1) is 0 Å². The van der Waals surface area contributed by atoms with Crippen molar-refractivity contribution in [3.05, 3.63) is 42.6 Å². The van der Waals surface area contributed by atoms with Crippen LogP contribution in [0.5, 0.6) is 0 Å². The minimum atomic E-state index is 0.553. The molecule has 0 saturated carbocycles. The maximum absolute atomic E-state index is 5.22. The summed E-state index contributed by atoms with van der Waals surface area (Å²) in [6, 6.07) is 10.5. The molecule has 1 aromatic carbocycles. The molecule has 0 spiro atoms. The minimum absolute atomic E-state index is 0.553. The van der Waals surface area contributed by atoms with Crippen molar-refractivity contribution in [2.75, 3.05) is 0 Å². The maximum atomic E-state index is 5.22. The fourth-order valence-corrected chi connectivity index (χ4v) is 2.29. The Balaban J connectivity index is 2.39. The average Bonchev–Trinajstić information content (AvgIpc) is 2.07. The summed E-state index contributed by atoms with van der Waals surface area (Å²) in [4.78, 5) is 0. The molecule has 0 aromatic heterocycles. The van der Waals surface area contributed by atoms with E-state index in [-0.39, 0.29) is 0 Å². The monoisotopic (exact) mass is 213 g/mol. The van der Waals surface area contributed by atoms with Gasteiger partial charge >= 0.3 is 73.1 Å². The van der Waals surface area contributed by atoms with E-state index in [1.165, 1.54) is 4.46 Å². The second-order valence-electron chi connectivity index (χ2n) is 2.05. The fourth-order valence-electron chi connectivity index (χ4n) is 0.717. The molecule has 2 N–H and O–H groups in total. The summed E-state index contributed by atoms with van der Waals surface area (Å²) in [5.74, 6) is 0. The van der Waals surface area contributed by atoms with Crippen LogP contribution in [0.4, 0.5) is 0 Å². The third-order valence-corrected chi connectivity index (χ3v) is 3.25. The van der Waals surface area contributed by atoms with Gasteiger partial charge in [-0.25, -0.2) is 0 Å². The summed E-state index contributed by atoms with van der Waals surface area (Å²) in [6.45, 7) is 0. The van der Waals surface area contributed by atoms with Crippen molar-refractivity contribution in [2.24, 2.45) is 5.73 Å². The van der Waals surface area contributed by atoms with Gasteiger partial charge in [0.1, 0.15) is 0 Å². The molecule has 0 aliphatic heterocycles. The molecule has 0 aliphatic rings. The Bertz CT molecular complexity index is 218. The molecule has 0 saturated heterocycles. The third-order valence-electron chi connectivity index (χ3n) is 1.23. The van der Waals surface area contributed by atoms with Gasteiger partial charge in [-0.15, -0.1) is 0 Å². The first-order valence-corrected chi connectivity index (χ1v) is 5.55. The van der Waals surface area contributed by atoms with Crippen molar-refractivity contribution in [3.8, 4) is 0 Å². The molecule has 0 amide bonds. The van der Waals surface area contributed by atoms with Gasteiger partial charge in [0, 0.05) is 0 Å². The van der Waals surface area contributed by atoms with Crippen LogP contribution < -0.4 is 10.2 Å². The van der Waals surface area contributed by atoms with Gasteiger partial charge in [-0.3, -0.25) is 0 Å². The summed E-state index contributed by atoms with van der Waals surface area (Å²) in [5.41, 5.74) is 5.22. The summed E-state index contributed by atoms with van der Waals surface area (Å²) >= 11 is 0.553. The van der Waals surface area contributed by atoms with Gasteiger partial charge in [0.2, 0.25) is 0 Å². The summed E-state index contributed by atoms with van der Waals surface area (Å²) < 4.78 is 1.43. The van der Waals surface area contributed by atoms with E-state index in [4.69, 9.17) is 5.73 Å². The zero-order valence-electron chi connectivity index (χ0n) is 6.23. The molecule has 0 aliphatic carbocycles. The molecule has 1 rings (SSSR count). The van der Waals surface area contributed by atoms with Crippen molar-refractivity contribution < 1.29 is 0 Å². The number of hydrogen-bond donors (Lipinski definition) is 1. The Kier molecular flexibility index (Phi) is 3.81. The molecular weight excluding hydrogens is 201 g/mol. The number of allylic oxidation sites excluding steroid dienone is 1. The van der Waals surface area contributed by atoms with Gasteiger partial charge in [0.25, 0.3) is 0 Å². The van der Waals surface area contributed by atoms with Crippen LogP contribution in [0.25, 0.3) is 0 Å². The second kappa shape index (κ2) is 5.00.